The highest BCUT2D eigenvalue weighted by atomic mass is 79.9. The number of pyridine rings is 1. The predicted octanol–water partition coefficient (Wildman–Crippen LogP) is 3.81. The fourth-order valence-electron chi connectivity index (χ4n) is 1.62. The Morgan fingerprint density at radius 1 is 1.12 bits per heavy atom. The lowest BCUT2D eigenvalue weighted by Crippen LogP contribution is -2.06. The molecule has 1 aromatic carbocycles. The van der Waals surface area contributed by atoms with Gasteiger partial charge in [0.2, 0.25) is 0 Å². The number of hydrogen-bond donors (Lipinski definition) is 1. The van der Waals surface area contributed by atoms with Crippen LogP contribution in [0.15, 0.2) is 46.9 Å². The van der Waals surface area contributed by atoms with Crippen molar-refractivity contribution < 1.29 is 0 Å². The molecule has 0 bridgehead atoms. The summed E-state index contributed by atoms with van der Waals surface area (Å²) in [7, 11) is 0. The van der Waals surface area contributed by atoms with E-state index >= 15 is 0 Å². The third kappa shape index (κ3) is 3.56. The van der Waals surface area contributed by atoms with Gasteiger partial charge in [-0.2, -0.15) is 0 Å². The average Bonchev–Trinajstić information content (AvgIpc) is 2.35. The zero-order valence-corrected chi connectivity index (χ0v) is 11.4. The zero-order valence-electron chi connectivity index (χ0n) is 9.78. The van der Waals surface area contributed by atoms with Crippen molar-refractivity contribution in [3.05, 3.63) is 58.2 Å². The molecule has 0 radical (unpaired) electrons. The Kier molecular flexibility index (Phi) is 4.15. The molecule has 0 aliphatic heterocycles. The Balaban J connectivity index is 1.88. The molecular weight excluding hydrogens is 276 g/mol. The third-order valence-electron chi connectivity index (χ3n) is 2.58. The molecule has 0 unspecified atom stereocenters. The van der Waals surface area contributed by atoms with Gasteiger partial charge in [-0.3, -0.25) is 0 Å². The first-order valence-electron chi connectivity index (χ1n) is 5.66. The van der Waals surface area contributed by atoms with Crippen LogP contribution in [0.2, 0.25) is 0 Å². The van der Waals surface area contributed by atoms with Crippen LogP contribution in [0.3, 0.4) is 0 Å². The van der Waals surface area contributed by atoms with Gasteiger partial charge >= 0.3 is 0 Å². The largest absolute Gasteiger partial charge is 0.370 e. The Morgan fingerprint density at radius 3 is 2.59 bits per heavy atom. The second-order valence-corrected chi connectivity index (χ2v) is 4.78. The summed E-state index contributed by atoms with van der Waals surface area (Å²) in [5.74, 6) is 0.932. The van der Waals surface area contributed by atoms with Gasteiger partial charge in [0, 0.05) is 11.0 Å². The van der Waals surface area contributed by atoms with Gasteiger partial charge < -0.3 is 5.32 Å². The van der Waals surface area contributed by atoms with Crippen molar-refractivity contribution in [2.24, 2.45) is 0 Å². The fraction of sp³-hybridized carbons (Fsp3) is 0.214. The first-order valence-corrected chi connectivity index (χ1v) is 6.46. The molecule has 17 heavy (non-hydrogen) atoms. The highest BCUT2D eigenvalue weighted by molar-refractivity contribution is 9.10. The maximum atomic E-state index is 4.45. The summed E-state index contributed by atoms with van der Waals surface area (Å²) in [5.41, 5.74) is 2.35. The molecule has 2 nitrogen and oxygen atoms in total. The number of halogens is 1. The molecule has 1 heterocycles. The van der Waals surface area contributed by atoms with Gasteiger partial charge in [-0.25, -0.2) is 4.98 Å². The molecule has 2 rings (SSSR count). The Bertz CT molecular complexity index is 483. The Labute approximate surface area is 110 Å². The van der Waals surface area contributed by atoms with E-state index in [0.29, 0.717) is 0 Å². The highest BCUT2D eigenvalue weighted by Gasteiger charge is 1.98. The van der Waals surface area contributed by atoms with Crippen molar-refractivity contribution in [2.75, 3.05) is 11.9 Å². The number of nitrogens with zero attached hydrogens (tertiary/aromatic N) is 1. The molecule has 0 aliphatic rings. The number of nitrogens with one attached hydrogen (secondary N) is 1. The quantitative estimate of drug-likeness (QED) is 0.926. The van der Waals surface area contributed by atoms with Gasteiger partial charge in [-0.15, -0.1) is 0 Å². The van der Waals surface area contributed by atoms with E-state index in [4.69, 9.17) is 0 Å². The molecule has 1 N–H and O–H groups in total. The second kappa shape index (κ2) is 5.82. The summed E-state index contributed by atoms with van der Waals surface area (Å²) in [4.78, 5) is 4.45. The third-order valence-corrected chi connectivity index (χ3v) is 3.42. The molecule has 0 spiro atoms. The van der Waals surface area contributed by atoms with E-state index in [1.165, 1.54) is 5.56 Å². The smallest absolute Gasteiger partial charge is 0.126 e. The van der Waals surface area contributed by atoms with E-state index in [0.717, 1.165) is 29.0 Å². The number of aromatic nitrogens is 1. The number of aryl methyl sites for hydroxylation is 1. The summed E-state index contributed by atoms with van der Waals surface area (Å²) in [5, 5.41) is 3.33. The monoisotopic (exact) mass is 290 g/mol. The van der Waals surface area contributed by atoms with Crippen LogP contribution in [0.5, 0.6) is 0 Å². The van der Waals surface area contributed by atoms with E-state index < -0.39 is 0 Å². The Morgan fingerprint density at radius 2 is 1.88 bits per heavy atom. The average molecular weight is 291 g/mol. The minimum absolute atomic E-state index is 0.901. The predicted molar refractivity (Wildman–Crippen MR) is 75.3 cm³/mol. The number of benzene rings is 1. The summed E-state index contributed by atoms with van der Waals surface area (Å²) in [6.07, 6.45) is 1.01. The van der Waals surface area contributed by atoms with E-state index in [9.17, 15) is 0 Å². The molecule has 2 aromatic rings. The van der Waals surface area contributed by atoms with E-state index in [2.05, 4.69) is 50.5 Å². The normalized spacial score (nSPS) is 10.2. The van der Waals surface area contributed by atoms with Crippen LogP contribution < -0.4 is 5.32 Å². The van der Waals surface area contributed by atoms with Crippen molar-refractivity contribution in [3.63, 3.8) is 0 Å². The van der Waals surface area contributed by atoms with Gasteiger partial charge in [0.05, 0.1) is 5.69 Å². The summed E-state index contributed by atoms with van der Waals surface area (Å²) >= 11 is 3.44. The van der Waals surface area contributed by atoms with E-state index in [1.54, 1.807) is 0 Å². The zero-order chi connectivity index (χ0) is 12.1. The molecule has 0 amide bonds. The molecule has 0 saturated carbocycles. The number of hydrogen-bond acceptors (Lipinski definition) is 2. The van der Waals surface area contributed by atoms with Crippen molar-refractivity contribution in [2.45, 2.75) is 13.3 Å². The number of rotatable bonds is 4. The van der Waals surface area contributed by atoms with Gasteiger partial charge in [0.1, 0.15) is 5.82 Å². The van der Waals surface area contributed by atoms with Crippen LogP contribution in [0, 0.1) is 6.92 Å². The number of anilines is 1. The summed E-state index contributed by atoms with van der Waals surface area (Å²) in [6, 6.07) is 14.5. The topological polar surface area (TPSA) is 24.9 Å². The van der Waals surface area contributed by atoms with Crippen LogP contribution >= 0.6 is 15.9 Å². The summed E-state index contributed by atoms with van der Waals surface area (Å²) in [6.45, 7) is 2.89. The fourth-order valence-corrected chi connectivity index (χ4v) is 1.84. The Hall–Kier alpha value is -1.35. The SMILES string of the molecule is Cc1nc(NCCc2ccccc2)ccc1Br. The first-order chi connectivity index (χ1) is 8.25. The first kappa shape index (κ1) is 12.1. The molecule has 0 atom stereocenters. The van der Waals surface area contributed by atoms with Crippen LogP contribution in [0.25, 0.3) is 0 Å². The lowest BCUT2D eigenvalue weighted by molar-refractivity contribution is 1.000. The van der Waals surface area contributed by atoms with E-state index in [-0.39, 0.29) is 0 Å². The van der Waals surface area contributed by atoms with Crippen LogP contribution in [0.1, 0.15) is 11.3 Å². The van der Waals surface area contributed by atoms with Crippen LogP contribution in [-0.2, 0) is 6.42 Å². The minimum Gasteiger partial charge on any atom is -0.370 e. The standard InChI is InChI=1S/C14H15BrN2/c1-11-13(15)7-8-14(17-11)16-10-9-12-5-3-2-4-6-12/h2-8H,9-10H2,1H3,(H,16,17). The van der Waals surface area contributed by atoms with Gasteiger partial charge in [0.25, 0.3) is 0 Å². The minimum atomic E-state index is 0.901. The lowest BCUT2D eigenvalue weighted by atomic mass is 10.1. The molecule has 3 heteroatoms. The maximum Gasteiger partial charge on any atom is 0.126 e. The van der Waals surface area contributed by atoms with Crippen LogP contribution in [-0.4, -0.2) is 11.5 Å². The second-order valence-electron chi connectivity index (χ2n) is 3.93. The molecule has 88 valence electrons. The van der Waals surface area contributed by atoms with Crippen molar-refractivity contribution >= 4 is 21.7 Å². The van der Waals surface area contributed by atoms with Gasteiger partial charge in [-0.1, -0.05) is 30.3 Å². The maximum absolute atomic E-state index is 4.45. The van der Waals surface area contributed by atoms with E-state index in [1.807, 2.05) is 25.1 Å². The molecule has 0 fully saturated rings. The molecule has 1 aromatic heterocycles. The molecular formula is C14H15BrN2. The van der Waals surface area contributed by atoms with Crippen molar-refractivity contribution in [1.29, 1.82) is 0 Å². The lowest BCUT2D eigenvalue weighted by Gasteiger charge is -2.07. The van der Waals surface area contributed by atoms with Crippen LogP contribution in [0.4, 0.5) is 5.82 Å². The summed E-state index contributed by atoms with van der Waals surface area (Å²) < 4.78 is 1.05. The van der Waals surface area contributed by atoms with Crippen molar-refractivity contribution in [3.8, 4) is 0 Å². The van der Waals surface area contributed by atoms with Gasteiger partial charge in [-0.05, 0) is 47.0 Å². The highest BCUT2D eigenvalue weighted by Crippen LogP contribution is 2.16. The van der Waals surface area contributed by atoms with Gasteiger partial charge in [0.15, 0.2) is 0 Å². The molecule has 0 saturated heterocycles. The van der Waals surface area contributed by atoms with Crippen molar-refractivity contribution in [1.82, 2.24) is 4.98 Å². The molecule has 0 aliphatic carbocycles.